The normalized spacial score (nSPS) is 10.3. The van der Waals surface area contributed by atoms with Gasteiger partial charge in [0.2, 0.25) is 0 Å². The third-order valence-electron chi connectivity index (χ3n) is 3.23. The molecule has 20 heavy (non-hydrogen) atoms. The van der Waals surface area contributed by atoms with Crippen molar-refractivity contribution in [2.75, 3.05) is 24.2 Å². The minimum absolute atomic E-state index is 0.622. The molecule has 0 spiro atoms. The third-order valence-corrected chi connectivity index (χ3v) is 3.23. The first-order chi connectivity index (χ1) is 9.56. The topological polar surface area (TPSA) is 47.3 Å². The molecule has 0 amide bonds. The first-order valence-corrected chi connectivity index (χ1v) is 6.86. The van der Waals surface area contributed by atoms with E-state index in [1.807, 2.05) is 24.3 Å². The molecule has 0 saturated carbocycles. The first kappa shape index (κ1) is 14.3. The van der Waals surface area contributed by atoms with Gasteiger partial charge in [0, 0.05) is 17.9 Å². The quantitative estimate of drug-likeness (QED) is 0.643. The highest BCUT2D eigenvalue weighted by atomic mass is 16.5. The number of aryl methyl sites for hydroxylation is 3. The van der Waals surface area contributed by atoms with Crippen molar-refractivity contribution in [3.8, 4) is 5.75 Å². The van der Waals surface area contributed by atoms with Crippen LogP contribution in [-0.4, -0.2) is 13.2 Å². The maximum Gasteiger partial charge on any atom is 0.119 e. The minimum Gasteiger partial charge on any atom is -0.492 e. The summed E-state index contributed by atoms with van der Waals surface area (Å²) in [5.74, 6) is 0.846. The second kappa shape index (κ2) is 6.33. The Balaban J connectivity index is 1.86. The van der Waals surface area contributed by atoms with E-state index in [4.69, 9.17) is 10.5 Å². The predicted octanol–water partition coefficient (Wildman–Crippen LogP) is 3.68. The van der Waals surface area contributed by atoms with Crippen LogP contribution in [-0.2, 0) is 0 Å². The minimum atomic E-state index is 0.622. The molecule has 2 rings (SSSR count). The molecule has 3 heteroatoms. The molecule has 3 N–H and O–H groups in total. The summed E-state index contributed by atoms with van der Waals surface area (Å²) >= 11 is 0. The summed E-state index contributed by atoms with van der Waals surface area (Å²) in [6.07, 6.45) is 0. The summed E-state index contributed by atoms with van der Waals surface area (Å²) in [5.41, 5.74) is 11.4. The van der Waals surface area contributed by atoms with Gasteiger partial charge in [-0.15, -0.1) is 0 Å². The van der Waals surface area contributed by atoms with E-state index in [1.165, 1.54) is 22.4 Å². The summed E-state index contributed by atoms with van der Waals surface area (Å²) in [5, 5.41) is 3.44. The van der Waals surface area contributed by atoms with Gasteiger partial charge in [0.25, 0.3) is 0 Å². The van der Waals surface area contributed by atoms with E-state index in [0.717, 1.165) is 18.0 Å². The molecular formula is C17H22N2O. The van der Waals surface area contributed by atoms with Gasteiger partial charge in [-0.2, -0.15) is 0 Å². The number of rotatable bonds is 5. The lowest BCUT2D eigenvalue weighted by atomic mass is 10.1. The highest BCUT2D eigenvalue weighted by molar-refractivity contribution is 5.58. The Hall–Kier alpha value is -2.16. The highest BCUT2D eigenvalue weighted by Crippen LogP contribution is 2.21. The Labute approximate surface area is 120 Å². The zero-order valence-corrected chi connectivity index (χ0v) is 12.4. The Bertz CT molecular complexity index is 553. The monoisotopic (exact) mass is 270 g/mol. The van der Waals surface area contributed by atoms with E-state index in [9.17, 15) is 0 Å². The van der Waals surface area contributed by atoms with Crippen molar-refractivity contribution >= 4 is 11.4 Å². The summed E-state index contributed by atoms with van der Waals surface area (Å²) in [6, 6.07) is 11.8. The van der Waals surface area contributed by atoms with E-state index >= 15 is 0 Å². The maximum absolute atomic E-state index is 5.67. The molecule has 3 nitrogen and oxygen atoms in total. The lowest BCUT2D eigenvalue weighted by molar-refractivity contribution is 0.333. The molecule has 0 aliphatic rings. The molecular weight excluding hydrogens is 248 g/mol. The molecule has 0 aliphatic carbocycles. The van der Waals surface area contributed by atoms with E-state index in [2.05, 4.69) is 38.2 Å². The standard InChI is InChI=1S/C17H22N2O/c1-12-10-13(2)17(14(3)11-12)19-8-9-20-16-6-4-15(18)5-7-16/h4-7,10-11,19H,8-9,18H2,1-3H3. The second-order valence-electron chi connectivity index (χ2n) is 5.12. The van der Waals surface area contributed by atoms with Crippen LogP contribution in [0.5, 0.6) is 5.75 Å². The number of hydrogen-bond acceptors (Lipinski definition) is 3. The second-order valence-corrected chi connectivity index (χ2v) is 5.12. The van der Waals surface area contributed by atoms with Crippen molar-refractivity contribution in [3.05, 3.63) is 53.1 Å². The Kier molecular flexibility index (Phi) is 4.51. The molecule has 2 aromatic rings. The molecule has 0 aliphatic heterocycles. The molecule has 0 radical (unpaired) electrons. The number of benzene rings is 2. The average molecular weight is 270 g/mol. The van der Waals surface area contributed by atoms with Gasteiger partial charge in [0.05, 0.1) is 0 Å². The summed E-state index contributed by atoms with van der Waals surface area (Å²) in [6.45, 7) is 7.77. The van der Waals surface area contributed by atoms with Crippen molar-refractivity contribution in [2.45, 2.75) is 20.8 Å². The maximum atomic E-state index is 5.67. The van der Waals surface area contributed by atoms with E-state index < -0.39 is 0 Å². The van der Waals surface area contributed by atoms with Gasteiger partial charge in [0.1, 0.15) is 12.4 Å². The molecule has 0 unspecified atom stereocenters. The fraction of sp³-hybridized carbons (Fsp3) is 0.294. The van der Waals surface area contributed by atoms with Crippen LogP contribution in [0.1, 0.15) is 16.7 Å². The van der Waals surface area contributed by atoms with Gasteiger partial charge in [-0.1, -0.05) is 17.7 Å². The van der Waals surface area contributed by atoms with Gasteiger partial charge in [0.15, 0.2) is 0 Å². The number of ether oxygens (including phenoxy) is 1. The van der Waals surface area contributed by atoms with Crippen LogP contribution in [0.25, 0.3) is 0 Å². The molecule has 2 aromatic carbocycles. The summed E-state index contributed by atoms with van der Waals surface area (Å²) < 4.78 is 5.67. The smallest absolute Gasteiger partial charge is 0.119 e. The van der Waals surface area contributed by atoms with Crippen molar-refractivity contribution in [1.29, 1.82) is 0 Å². The van der Waals surface area contributed by atoms with E-state index in [0.29, 0.717) is 6.61 Å². The molecule has 0 saturated heterocycles. The molecule has 0 fully saturated rings. The Morgan fingerprint density at radius 1 is 1.00 bits per heavy atom. The number of nitrogen functional groups attached to an aromatic ring is 1. The van der Waals surface area contributed by atoms with Crippen LogP contribution in [0, 0.1) is 20.8 Å². The molecule has 0 heterocycles. The van der Waals surface area contributed by atoms with E-state index in [-0.39, 0.29) is 0 Å². The largest absolute Gasteiger partial charge is 0.492 e. The van der Waals surface area contributed by atoms with Crippen LogP contribution in [0.3, 0.4) is 0 Å². The zero-order valence-electron chi connectivity index (χ0n) is 12.4. The van der Waals surface area contributed by atoms with Crippen LogP contribution < -0.4 is 15.8 Å². The Morgan fingerprint density at radius 2 is 1.60 bits per heavy atom. The van der Waals surface area contributed by atoms with Gasteiger partial charge < -0.3 is 15.8 Å². The van der Waals surface area contributed by atoms with Crippen molar-refractivity contribution < 1.29 is 4.74 Å². The number of hydrogen-bond donors (Lipinski definition) is 2. The van der Waals surface area contributed by atoms with Gasteiger partial charge in [-0.3, -0.25) is 0 Å². The molecule has 0 bridgehead atoms. The van der Waals surface area contributed by atoms with Crippen molar-refractivity contribution in [2.24, 2.45) is 0 Å². The van der Waals surface area contributed by atoms with Crippen LogP contribution in [0.4, 0.5) is 11.4 Å². The average Bonchev–Trinajstić information content (AvgIpc) is 2.39. The number of nitrogens with two attached hydrogens (primary N) is 1. The first-order valence-electron chi connectivity index (χ1n) is 6.86. The lowest BCUT2D eigenvalue weighted by Gasteiger charge is -2.14. The molecule has 106 valence electrons. The zero-order chi connectivity index (χ0) is 14.5. The fourth-order valence-electron chi connectivity index (χ4n) is 2.37. The highest BCUT2D eigenvalue weighted by Gasteiger charge is 2.03. The van der Waals surface area contributed by atoms with Gasteiger partial charge >= 0.3 is 0 Å². The lowest BCUT2D eigenvalue weighted by Crippen LogP contribution is -2.13. The van der Waals surface area contributed by atoms with Crippen molar-refractivity contribution in [1.82, 2.24) is 0 Å². The van der Waals surface area contributed by atoms with Crippen molar-refractivity contribution in [3.63, 3.8) is 0 Å². The predicted molar refractivity (Wildman–Crippen MR) is 85.5 cm³/mol. The van der Waals surface area contributed by atoms with Crippen LogP contribution >= 0.6 is 0 Å². The SMILES string of the molecule is Cc1cc(C)c(NCCOc2ccc(N)cc2)c(C)c1. The summed E-state index contributed by atoms with van der Waals surface area (Å²) in [4.78, 5) is 0. The van der Waals surface area contributed by atoms with Crippen LogP contribution in [0.2, 0.25) is 0 Å². The van der Waals surface area contributed by atoms with Gasteiger partial charge in [-0.05, 0) is 56.2 Å². The fourth-order valence-corrected chi connectivity index (χ4v) is 2.37. The Morgan fingerprint density at radius 3 is 2.20 bits per heavy atom. The van der Waals surface area contributed by atoms with Gasteiger partial charge in [-0.25, -0.2) is 0 Å². The number of anilines is 2. The summed E-state index contributed by atoms with van der Waals surface area (Å²) in [7, 11) is 0. The molecule has 0 atom stereocenters. The van der Waals surface area contributed by atoms with Crippen LogP contribution in [0.15, 0.2) is 36.4 Å². The molecule has 0 aromatic heterocycles. The third kappa shape index (κ3) is 3.67. The number of nitrogens with one attached hydrogen (secondary N) is 1. The van der Waals surface area contributed by atoms with E-state index in [1.54, 1.807) is 0 Å².